The van der Waals surface area contributed by atoms with Crippen LogP contribution in [0.3, 0.4) is 0 Å². The smallest absolute Gasteiger partial charge is 0.339 e. The second kappa shape index (κ2) is 7.94. The van der Waals surface area contributed by atoms with Crippen molar-refractivity contribution in [1.29, 1.82) is 0 Å². The maximum Gasteiger partial charge on any atom is 0.339 e. The van der Waals surface area contributed by atoms with Gasteiger partial charge < -0.3 is 13.7 Å². The van der Waals surface area contributed by atoms with Crippen LogP contribution in [-0.4, -0.2) is 27.8 Å². The largest absolute Gasteiger partial charge is 0.467 e. The van der Waals surface area contributed by atoms with E-state index in [2.05, 4.69) is 0 Å². The van der Waals surface area contributed by atoms with Crippen molar-refractivity contribution >= 4 is 16.1 Å². The van der Waals surface area contributed by atoms with E-state index in [4.69, 9.17) is 13.7 Å². The third-order valence-corrected chi connectivity index (χ3v) is 3.60. The minimum atomic E-state index is -3.74. The Bertz CT molecular complexity index is 786. The molecule has 0 bridgehead atoms. The maximum absolute atomic E-state index is 12.1. The van der Waals surface area contributed by atoms with Gasteiger partial charge in [0.1, 0.15) is 5.75 Å². The summed E-state index contributed by atoms with van der Waals surface area (Å²) in [5.74, 6) is -0.612. The molecule has 1 atom stereocenters. The van der Waals surface area contributed by atoms with Gasteiger partial charge in [0.05, 0.1) is 20.0 Å². The van der Waals surface area contributed by atoms with Gasteiger partial charge in [0.15, 0.2) is 6.10 Å². The molecule has 0 fully saturated rings. The molecular weight excluding hydrogens is 332 g/mol. The number of methoxy groups -OCH3 is 1. The molecule has 0 aliphatic carbocycles. The summed E-state index contributed by atoms with van der Waals surface area (Å²) < 4.78 is 38.2. The Kier molecular flexibility index (Phi) is 5.94. The van der Waals surface area contributed by atoms with Crippen LogP contribution >= 0.6 is 0 Å². The molecule has 0 saturated heterocycles. The van der Waals surface area contributed by atoms with Crippen LogP contribution in [0.5, 0.6) is 5.75 Å². The molecule has 0 saturated carbocycles. The Morgan fingerprint density at radius 1 is 1.04 bits per heavy atom. The predicted molar refractivity (Wildman–Crippen MR) is 87.9 cm³/mol. The molecule has 0 aliphatic rings. The fourth-order valence-electron chi connectivity index (χ4n) is 2.08. The highest BCUT2D eigenvalue weighted by atomic mass is 32.2. The summed E-state index contributed by atoms with van der Waals surface area (Å²) in [6.07, 6.45) is -0.171. The van der Waals surface area contributed by atoms with Crippen molar-refractivity contribution in [1.82, 2.24) is 0 Å². The van der Waals surface area contributed by atoms with Crippen molar-refractivity contribution in [3.63, 3.8) is 0 Å². The van der Waals surface area contributed by atoms with E-state index in [1.54, 1.807) is 18.2 Å². The highest BCUT2D eigenvalue weighted by molar-refractivity contribution is 7.86. The number of esters is 1. The number of carbonyl (C=O) groups excluding carboxylic acids is 1. The molecule has 0 spiro atoms. The standard InChI is InChI=1S/C17H18O6S/c1-21-17(18)16(22-12-13-8-4-3-5-9-13)14-10-6-7-11-15(14)23-24(2,19)20/h3-11,16H,12H2,1-2H3. The van der Waals surface area contributed by atoms with Crippen LogP contribution < -0.4 is 4.18 Å². The summed E-state index contributed by atoms with van der Waals surface area (Å²) in [5.41, 5.74) is 1.15. The summed E-state index contributed by atoms with van der Waals surface area (Å²) in [6.45, 7) is 0.161. The van der Waals surface area contributed by atoms with Gasteiger partial charge >= 0.3 is 16.1 Å². The van der Waals surface area contributed by atoms with Crippen molar-refractivity contribution in [3.05, 3.63) is 65.7 Å². The number of rotatable bonds is 7. The van der Waals surface area contributed by atoms with E-state index in [9.17, 15) is 13.2 Å². The molecule has 0 aromatic heterocycles. The third-order valence-electron chi connectivity index (χ3n) is 3.12. The van der Waals surface area contributed by atoms with E-state index in [1.807, 2.05) is 30.3 Å². The normalized spacial score (nSPS) is 12.4. The summed E-state index contributed by atoms with van der Waals surface area (Å²) >= 11 is 0. The van der Waals surface area contributed by atoms with Gasteiger partial charge in [0, 0.05) is 5.56 Å². The number of hydrogen-bond donors (Lipinski definition) is 0. The minimum absolute atomic E-state index is 0.0310. The van der Waals surface area contributed by atoms with Crippen LogP contribution in [-0.2, 0) is 31.0 Å². The van der Waals surface area contributed by atoms with E-state index in [1.165, 1.54) is 13.2 Å². The van der Waals surface area contributed by atoms with Gasteiger partial charge in [-0.3, -0.25) is 0 Å². The van der Waals surface area contributed by atoms with E-state index < -0.39 is 22.2 Å². The molecule has 1 unspecified atom stereocenters. The lowest BCUT2D eigenvalue weighted by Crippen LogP contribution is -2.19. The van der Waals surface area contributed by atoms with Crippen molar-refractivity contribution in [2.75, 3.05) is 13.4 Å². The van der Waals surface area contributed by atoms with Gasteiger partial charge in [-0.15, -0.1) is 0 Å². The predicted octanol–water partition coefficient (Wildman–Crippen LogP) is 2.46. The molecule has 7 heteroatoms. The summed E-state index contributed by atoms with van der Waals surface area (Å²) in [4.78, 5) is 12.1. The van der Waals surface area contributed by atoms with E-state index in [-0.39, 0.29) is 17.9 Å². The van der Waals surface area contributed by atoms with E-state index >= 15 is 0 Å². The highest BCUT2D eigenvalue weighted by Gasteiger charge is 2.27. The third kappa shape index (κ3) is 5.07. The molecule has 0 N–H and O–H groups in total. The van der Waals surface area contributed by atoms with E-state index in [0.29, 0.717) is 0 Å². The van der Waals surface area contributed by atoms with Crippen molar-refractivity contribution in [2.24, 2.45) is 0 Å². The summed E-state index contributed by atoms with van der Waals surface area (Å²) in [7, 11) is -2.50. The lowest BCUT2D eigenvalue weighted by Gasteiger charge is -2.18. The van der Waals surface area contributed by atoms with E-state index in [0.717, 1.165) is 11.8 Å². The van der Waals surface area contributed by atoms with Gasteiger partial charge in [-0.2, -0.15) is 8.42 Å². The Labute approximate surface area is 141 Å². The first-order valence-electron chi connectivity index (χ1n) is 7.12. The molecule has 128 valence electrons. The zero-order valence-corrected chi connectivity index (χ0v) is 14.2. The summed E-state index contributed by atoms with van der Waals surface area (Å²) in [6, 6.07) is 15.6. The van der Waals surface area contributed by atoms with Crippen LogP contribution in [0.2, 0.25) is 0 Å². The number of hydrogen-bond acceptors (Lipinski definition) is 6. The van der Waals surface area contributed by atoms with Crippen LogP contribution in [0.1, 0.15) is 17.2 Å². The fourth-order valence-corrected chi connectivity index (χ4v) is 2.56. The molecule has 0 heterocycles. The zero-order chi connectivity index (χ0) is 17.6. The van der Waals surface area contributed by atoms with Gasteiger partial charge in [0.25, 0.3) is 0 Å². The minimum Gasteiger partial charge on any atom is -0.467 e. The summed E-state index contributed by atoms with van der Waals surface area (Å²) in [5, 5.41) is 0. The van der Waals surface area contributed by atoms with Gasteiger partial charge in [0.2, 0.25) is 0 Å². The number of para-hydroxylation sites is 1. The first-order chi connectivity index (χ1) is 11.4. The lowest BCUT2D eigenvalue weighted by molar-refractivity contribution is -0.155. The first-order valence-corrected chi connectivity index (χ1v) is 8.94. The van der Waals surface area contributed by atoms with Gasteiger partial charge in [-0.25, -0.2) is 4.79 Å². The van der Waals surface area contributed by atoms with Crippen molar-refractivity contribution in [3.8, 4) is 5.75 Å². The zero-order valence-electron chi connectivity index (χ0n) is 13.3. The quantitative estimate of drug-likeness (QED) is 0.564. The Hall–Kier alpha value is -2.38. The molecule has 0 aliphatic heterocycles. The fraction of sp³-hybridized carbons (Fsp3) is 0.235. The molecular formula is C17H18O6S. The average Bonchev–Trinajstić information content (AvgIpc) is 2.55. The van der Waals surface area contributed by atoms with Crippen molar-refractivity contribution in [2.45, 2.75) is 12.7 Å². The number of carbonyl (C=O) groups is 1. The lowest BCUT2D eigenvalue weighted by atomic mass is 10.1. The molecule has 2 aromatic carbocycles. The Morgan fingerprint density at radius 3 is 2.29 bits per heavy atom. The number of benzene rings is 2. The molecule has 0 radical (unpaired) electrons. The van der Waals surface area contributed by atoms with Crippen LogP contribution in [0, 0.1) is 0 Å². The van der Waals surface area contributed by atoms with Crippen LogP contribution in [0.4, 0.5) is 0 Å². The van der Waals surface area contributed by atoms with Crippen molar-refractivity contribution < 1.29 is 26.9 Å². The first kappa shape index (κ1) is 18.0. The van der Waals surface area contributed by atoms with Crippen LogP contribution in [0.25, 0.3) is 0 Å². The van der Waals surface area contributed by atoms with Crippen LogP contribution in [0.15, 0.2) is 54.6 Å². The topological polar surface area (TPSA) is 78.9 Å². The monoisotopic (exact) mass is 350 g/mol. The average molecular weight is 350 g/mol. The molecule has 6 nitrogen and oxygen atoms in total. The second-order valence-electron chi connectivity index (χ2n) is 5.03. The Morgan fingerprint density at radius 2 is 1.67 bits per heavy atom. The SMILES string of the molecule is COC(=O)C(OCc1ccccc1)c1ccccc1OS(C)(=O)=O. The Balaban J connectivity index is 2.29. The second-order valence-corrected chi connectivity index (χ2v) is 6.60. The maximum atomic E-state index is 12.1. The van der Waals surface area contributed by atoms with Gasteiger partial charge in [-0.05, 0) is 11.6 Å². The molecule has 2 rings (SSSR count). The molecule has 24 heavy (non-hydrogen) atoms. The van der Waals surface area contributed by atoms with Gasteiger partial charge in [-0.1, -0.05) is 48.5 Å². The molecule has 0 amide bonds. The molecule has 2 aromatic rings. The number of ether oxygens (including phenoxy) is 2. The highest BCUT2D eigenvalue weighted by Crippen LogP contribution is 2.30.